The number of rotatable bonds is 7. The number of anilines is 2. The first-order valence-corrected chi connectivity index (χ1v) is 8.97. The summed E-state index contributed by atoms with van der Waals surface area (Å²) in [5.74, 6) is -0.0549. The van der Waals surface area contributed by atoms with Gasteiger partial charge in [-0.2, -0.15) is 0 Å². The first-order valence-electron chi connectivity index (χ1n) is 8.97. The van der Waals surface area contributed by atoms with E-state index in [1.807, 2.05) is 19.0 Å². The second-order valence-electron chi connectivity index (χ2n) is 7.35. The average Bonchev–Trinajstić information content (AvgIpc) is 2.56. The van der Waals surface area contributed by atoms with Crippen molar-refractivity contribution in [3.05, 3.63) is 24.3 Å². The molecule has 1 aliphatic rings. The minimum Gasteiger partial charge on any atom is -0.330 e. The molecule has 27 heavy (non-hydrogen) atoms. The van der Waals surface area contributed by atoms with Crippen molar-refractivity contribution in [1.82, 2.24) is 4.90 Å². The molecule has 1 saturated carbocycles. The Bertz CT molecular complexity index is 588. The summed E-state index contributed by atoms with van der Waals surface area (Å²) in [5, 5.41) is 5.77. The molecule has 2 amide bonds. The van der Waals surface area contributed by atoms with E-state index in [0.717, 1.165) is 37.1 Å². The van der Waals surface area contributed by atoms with Gasteiger partial charge in [-0.25, -0.2) is 0 Å². The number of carbonyl (C=O) groups is 2. The van der Waals surface area contributed by atoms with Gasteiger partial charge in [0.05, 0.1) is 6.54 Å². The molecule has 0 radical (unpaired) electrons. The van der Waals surface area contributed by atoms with Crippen molar-refractivity contribution in [1.29, 1.82) is 0 Å². The lowest BCUT2D eigenvalue weighted by Crippen LogP contribution is -2.36. The number of halogens is 2. The lowest BCUT2D eigenvalue weighted by molar-refractivity contribution is -0.119. The van der Waals surface area contributed by atoms with Crippen molar-refractivity contribution >= 4 is 48.0 Å². The lowest BCUT2D eigenvalue weighted by atomic mass is 9.71. The first-order chi connectivity index (χ1) is 11.9. The minimum atomic E-state index is -0.0658. The third kappa shape index (κ3) is 8.47. The fourth-order valence-corrected chi connectivity index (χ4v) is 3.43. The monoisotopic (exact) mass is 418 g/mol. The van der Waals surface area contributed by atoms with Crippen LogP contribution in [0.15, 0.2) is 24.3 Å². The van der Waals surface area contributed by atoms with Crippen molar-refractivity contribution in [3.63, 3.8) is 0 Å². The van der Waals surface area contributed by atoms with Gasteiger partial charge in [0, 0.05) is 17.8 Å². The predicted molar refractivity (Wildman–Crippen MR) is 116 cm³/mol. The number of nitrogens with one attached hydrogen (secondary N) is 2. The van der Waals surface area contributed by atoms with E-state index in [2.05, 4.69) is 10.6 Å². The van der Waals surface area contributed by atoms with E-state index in [9.17, 15) is 9.59 Å². The zero-order valence-corrected chi connectivity index (χ0v) is 17.8. The van der Waals surface area contributed by atoms with Gasteiger partial charge >= 0.3 is 0 Å². The van der Waals surface area contributed by atoms with Crippen LogP contribution in [0, 0.1) is 5.41 Å². The number of carbonyl (C=O) groups excluding carboxylic acids is 2. The highest BCUT2D eigenvalue weighted by molar-refractivity contribution is 5.94. The van der Waals surface area contributed by atoms with Gasteiger partial charge in [-0.3, -0.25) is 9.59 Å². The summed E-state index contributed by atoms with van der Waals surface area (Å²) < 4.78 is 0. The predicted octanol–water partition coefficient (Wildman–Crippen LogP) is 3.27. The van der Waals surface area contributed by atoms with Crippen LogP contribution in [-0.4, -0.2) is 43.9 Å². The maximum atomic E-state index is 12.4. The Kier molecular flexibility index (Phi) is 11.6. The van der Waals surface area contributed by atoms with Crippen molar-refractivity contribution in [2.45, 2.75) is 38.5 Å². The molecule has 0 spiro atoms. The Morgan fingerprint density at radius 2 is 1.44 bits per heavy atom. The van der Waals surface area contributed by atoms with E-state index < -0.39 is 0 Å². The van der Waals surface area contributed by atoms with Crippen molar-refractivity contribution < 1.29 is 9.59 Å². The molecule has 6 nitrogen and oxygen atoms in total. The molecule has 0 aromatic heterocycles. The zero-order chi connectivity index (χ0) is 18.3. The molecular formula is C19H32Cl2N4O2. The van der Waals surface area contributed by atoms with Crippen LogP contribution in [-0.2, 0) is 9.59 Å². The molecule has 0 aliphatic heterocycles. The van der Waals surface area contributed by atoms with Gasteiger partial charge in [-0.05, 0) is 63.2 Å². The Morgan fingerprint density at radius 3 is 1.89 bits per heavy atom. The van der Waals surface area contributed by atoms with Crippen molar-refractivity contribution in [2.24, 2.45) is 11.1 Å². The van der Waals surface area contributed by atoms with E-state index in [1.54, 1.807) is 24.3 Å². The summed E-state index contributed by atoms with van der Waals surface area (Å²) in [6.45, 7) is 0.900. The zero-order valence-electron chi connectivity index (χ0n) is 16.1. The number of hydrogen-bond donors (Lipinski definition) is 3. The molecule has 0 bridgehead atoms. The third-order valence-electron chi connectivity index (χ3n) is 4.80. The molecule has 4 N–H and O–H groups in total. The molecule has 1 aromatic carbocycles. The molecule has 154 valence electrons. The lowest BCUT2D eigenvalue weighted by Gasteiger charge is -2.35. The standard InChI is InChI=1S/C19H30N4O2.2ClH/c1-23(2)13-18(25)22-16-8-6-15(7-9-16)21-17(24)12-19(14-20)10-4-3-5-11-19;;/h6-9H,3-5,10-14,20H2,1-2H3,(H,21,24)(H,22,25);2*1H. The molecule has 1 aliphatic carbocycles. The van der Waals surface area contributed by atoms with Gasteiger partial charge < -0.3 is 21.3 Å². The van der Waals surface area contributed by atoms with E-state index >= 15 is 0 Å². The molecular weight excluding hydrogens is 387 g/mol. The number of hydrogen-bond acceptors (Lipinski definition) is 4. The number of likely N-dealkylation sites (N-methyl/N-ethyl adjacent to an activating group) is 1. The molecule has 8 heteroatoms. The van der Waals surface area contributed by atoms with E-state index in [-0.39, 0.29) is 42.0 Å². The molecule has 0 saturated heterocycles. The number of amides is 2. The Morgan fingerprint density at radius 1 is 0.963 bits per heavy atom. The van der Waals surface area contributed by atoms with Crippen LogP contribution >= 0.6 is 24.8 Å². The van der Waals surface area contributed by atoms with Crippen molar-refractivity contribution in [3.8, 4) is 0 Å². The van der Waals surface area contributed by atoms with Gasteiger partial charge in [-0.15, -0.1) is 24.8 Å². The fraction of sp³-hybridized carbons (Fsp3) is 0.579. The second kappa shape index (κ2) is 12.2. The van der Waals surface area contributed by atoms with Crippen molar-refractivity contribution in [2.75, 3.05) is 37.8 Å². The Labute approximate surface area is 174 Å². The minimum absolute atomic E-state index is 0. The third-order valence-corrected chi connectivity index (χ3v) is 4.80. The summed E-state index contributed by atoms with van der Waals surface area (Å²) in [5.41, 5.74) is 7.37. The molecule has 0 unspecified atom stereocenters. The van der Waals surface area contributed by atoms with Gasteiger partial charge in [0.25, 0.3) is 0 Å². The highest BCUT2D eigenvalue weighted by Gasteiger charge is 2.32. The van der Waals surface area contributed by atoms with Crippen LogP contribution in [0.5, 0.6) is 0 Å². The summed E-state index contributed by atoms with van der Waals surface area (Å²) >= 11 is 0. The second-order valence-corrected chi connectivity index (χ2v) is 7.35. The van der Waals surface area contributed by atoms with Crippen LogP contribution in [0.25, 0.3) is 0 Å². The van der Waals surface area contributed by atoms with Gasteiger partial charge in [-0.1, -0.05) is 19.3 Å². The van der Waals surface area contributed by atoms with E-state index in [0.29, 0.717) is 19.5 Å². The van der Waals surface area contributed by atoms with E-state index in [1.165, 1.54) is 6.42 Å². The normalized spacial score (nSPS) is 15.3. The smallest absolute Gasteiger partial charge is 0.238 e. The number of nitrogens with zero attached hydrogens (tertiary/aromatic N) is 1. The molecule has 1 aromatic rings. The quantitative estimate of drug-likeness (QED) is 0.633. The van der Waals surface area contributed by atoms with Gasteiger partial charge in [0.2, 0.25) is 11.8 Å². The van der Waals surface area contributed by atoms with Gasteiger partial charge in [0.15, 0.2) is 0 Å². The summed E-state index contributed by atoms with van der Waals surface area (Å²) in [6, 6.07) is 7.20. The highest BCUT2D eigenvalue weighted by atomic mass is 35.5. The first kappa shape index (κ1) is 25.7. The molecule has 0 atom stereocenters. The summed E-state index contributed by atoms with van der Waals surface area (Å²) in [6.07, 6.45) is 6.11. The topological polar surface area (TPSA) is 87.5 Å². The van der Waals surface area contributed by atoms with Crippen LogP contribution in [0.2, 0.25) is 0 Å². The molecule has 0 heterocycles. The largest absolute Gasteiger partial charge is 0.330 e. The highest BCUT2D eigenvalue weighted by Crippen LogP contribution is 2.38. The Balaban J connectivity index is 0.00000338. The number of nitrogens with two attached hydrogens (primary N) is 1. The summed E-state index contributed by atoms with van der Waals surface area (Å²) in [4.78, 5) is 25.9. The van der Waals surface area contributed by atoms with Gasteiger partial charge in [0.1, 0.15) is 0 Å². The SMILES string of the molecule is CN(C)CC(=O)Nc1ccc(NC(=O)CC2(CN)CCCCC2)cc1.Cl.Cl. The van der Waals surface area contributed by atoms with Crippen LogP contribution in [0.1, 0.15) is 38.5 Å². The molecule has 2 rings (SSSR count). The maximum absolute atomic E-state index is 12.4. The average molecular weight is 419 g/mol. The van der Waals surface area contributed by atoms with Crippen LogP contribution in [0.3, 0.4) is 0 Å². The van der Waals surface area contributed by atoms with Crippen LogP contribution in [0.4, 0.5) is 11.4 Å². The molecule has 1 fully saturated rings. The maximum Gasteiger partial charge on any atom is 0.238 e. The Hall–Kier alpha value is -1.34. The fourth-order valence-electron chi connectivity index (χ4n) is 3.43. The number of benzene rings is 1. The van der Waals surface area contributed by atoms with Crippen LogP contribution < -0.4 is 16.4 Å². The van der Waals surface area contributed by atoms with E-state index in [4.69, 9.17) is 5.73 Å². The summed E-state index contributed by atoms with van der Waals surface area (Å²) in [7, 11) is 3.69.